The second kappa shape index (κ2) is 7.67. The Kier molecular flexibility index (Phi) is 6.52. The number of carbonyl (C=O) groups is 1. The monoisotopic (exact) mass is 241 g/mol. The minimum atomic E-state index is 0.114. The predicted molar refractivity (Wildman–Crippen MR) is 71.0 cm³/mol. The van der Waals surface area contributed by atoms with Gasteiger partial charge in [-0.1, -0.05) is 6.92 Å². The lowest BCUT2D eigenvalue weighted by atomic mass is 10.2. The topological polar surface area (TPSA) is 44.4 Å². The number of amides is 1. The van der Waals surface area contributed by atoms with Crippen molar-refractivity contribution >= 4 is 5.91 Å². The molecule has 4 heteroatoms. The van der Waals surface area contributed by atoms with Gasteiger partial charge in [-0.25, -0.2) is 0 Å². The third kappa shape index (κ3) is 6.64. The van der Waals surface area contributed by atoms with Crippen molar-refractivity contribution in [2.75, 3.05) is 33.2 Å². The Morgan fingerprint density at radius 2 is 2.18 bits per heavy atom. The van der Waals surface area contributed by atoms with E-state index in [4.69, 9.17) is 0 Å². The number of hydrogen-bond donors (Lipinski definition) is 2. The molecule has 2 N–H and O–H groups in total. The molecule has 0 aromatic heterocycles. The van der Waals surface area contributed by atoms with Crippen LogP contribution in [0.25, 0.3) is 0 Å². The molecule has 0 aromatic rings. The number of hydrogen-bond acceptors (Lipinski definition) is 3. The molecule has 0 aliphatic heterocycles. The van der Waals surface area contributed by atoms with Gasteiger partial charge in [-0.15, -0.1) is 0 Å². The average Bonchev–Trinajstić information content (AvgIpc) is 3.11. The van der Waals surface area contributed by atoms with Crippen molar-refractivity contribution in [2.24, 2.45) is 5.92 Å². The second-order valence-electron chi connectivity index (χ2n) is 5.16. The Labute approximate surface area is 105 Å². The lowest BCUT2D eigenvalue weighted by Crippen LogP contribution is -2.40. The first kappa shape index (κ1) is 14.5. The minimum Gasteiger partial charge on any atom is -0.354 e. The van der Waals surface area contributed by atoms with Gasteiger partial charge in [0.25, 0.3) is 0 Å². The van der Waals surface area contributed by atoms with Gasteiger partial charge in [0, 0.05) is 19.1 Å². The van der Waals surface area contributed by atoms with Crippen LogP contribution in [0.1, 0.15) is 33.1 Å². The van der Waals surface area contributed by atoms with E-state index in [0.29, 0.717) is 12.6 Å². The van der Waals surface area contributed by atoms with Crippen molar-refractivity contribution in [2.45, 2.75) is 39.2 Å². The Hall–Kier alpha value is -0.610. The van der Waals surface area contributed by atoms with Gasteiger partial charge in [0.1, 0.15) is 0 Å². The van der Waals surface area contributed by atoms with Crippen molar-refractivity contribution in [3.8, 4) is 0 Å². The molecule has 1 rings (SSSR count). The van der Waals surface area contributed by atoms with Gasteiger partial charge in [-0.3, -0.25) is 4.79 Å². The van der Waals surface area contributed by atoms with Crippen LogP contribution in [0.15, 0.2) is 0 Å². The van der Waals surface area contributed by atoms with Crippen molar-refractivity contribution in [1.82, 2.24) is 15.5 Å². The summed E-state index contributed by atoms with van der Waals surface area (Å²) in [6, 6.07) is 0.583. The summed E-state index contributed by atoms with van der Waals surface area (Å²) in [7, 11) is 2.10. The molecule has 0 aromatic carbocycles. The zero-order valence-corrected chi connectivity index (χ0v) is 11.5. The van der Waals surface area contributed by atoms with Crippen LogP contribution in [0.3, 0.4) is 0 Å². The maximum Gasteiger partial charge on any atom is 0.234 e. The van der Waals surface area contributed by atoms with Crippen LogP contribution in [0.2, 0.25) is 0 Å². The SMILES string of the molecule is CCC(C)N(C)CCNC(=O)CNCC1CC1. The van der Waals surface area contributed by atoms with E-state index in [2.05, 4.69) is 36.4 Å². The fraction of sp³-hybridized carbons (Fsp3) is 0.923. The summed E-state index contributed by atoms with van der Waals surface area (Å²) in [6.07, 6.45) is 3.80. The summed E-state index contributed by atoms with van der Waals surface area (Å²) in [5.74, 6) is 0.947. The normalized spacial score (nSPS) is 17.2. The number of nitrogens with zero attached hydrogens (tertiary/aromatic N) is 1. The molecular formula is C13H27N3O. The van der Waals surface area contributed by atoms with Gasteiger partial charge in [0.15, 0.2) is 0 Å². The van der Waals surface area contributed by atoms with Gasteiger partial charge in [0.05, 0.1) is 6.54 Å². The first-order valence-corrected chi connectivity index (χ1v) is 6.81. The standard InChI is InChI=1S/C13H27N3O/c1-4-11(2)16(3)8-7-15-13(17)10-14-9-12-5-6-12/h11-12,14H,4-10H2,1-3H3,(H,15,17). The number of carbonyl (C=O) groups excluding carboxylic acids is 1. The lowest BCUT2D eigenvalue weighted by Gasteiger charge is -2.23. The Balaban J connectivity index is 1.94. The lowest BCUT2D eigenvalue weighted by molar-refractivity contribution is -0.120. The molecule has 100 valence electrons. The molecule has 1 unspecified atom stereocenters. The van der Waals surface area contributed by atoms with E-state index in [1.165, 1.54) is 12.8 Å². The van der Waals surface area contributed by atoms with E-state index in [-0.39, 0.29) is 5.91 Å². The summed E-state index contributed by atoms with van der Waals surface area (Å²) >= 11 is 0. The number of rotatable bonds is 9. The third-order valence-electron chi connectivity index (χ3n) is 3.55. The first-order chi connectivity index (χ1) is 8.13. The van der Waals surface area contributed by atoms with Crippen LogP contribution in [0, 0.1) is 5.92 Å². The fourth-order valence-corrected chi connectivity index (χ4v) is 1.68. The second-order valence-corrected chi connectivity index (χ2v) is 5.16. The van der Waals surface area contributed by atoms with Crippen LogP contribution in [-0.4, -0.2) is 50.1 Å². The van der Waals surface area contributed by atoms with Crippen LogP contribution in [-0.2, 0) is 4.79 Å². The molecule has 1 fully saturated rings. The highest BCUT2D eigenvalue weighted by molar-refractivity contribution is 5.77. The Morgan fingerprint density at radius 1 is 1.47 bits per heavy atom. The molecule has 1 atom stereocenters. The smallest absolute Gasteiger partial charge is 0.234 e. The molecule has 0 spiro atoms. The summed E-state index contributed by atoms with van der Waals surface area (Å²) < 4.78 is 0. The molecule has 4 nitrogen and oxygen atoms in total. The average molecular weight is 241 g/mol. The van der Waals surface area contributed by atoms with E-state index in [0.717, 1.165) is 32.0 Å². The number of likely N-dealkylation sites (N-methyl/N-ethyl adjacent to an activating group) is 1. The largest absolute Gasteiger partial charge is 0.354 e. The highest BCUT2D eigenvalue weighted by Gasteiger charge is 2.20. The van der Waals surface area contributed by atoms with Crippen LogP contribution in [0.5, 0.6) is 0 Å². The first-order valence-electron chi connectivity index (χ1n) is 6.81. The zero-order valence-electron chi connectivity index (χ0n) is 11.5. The van der Waals surface area contributed by atoms with Crippen molar-refractivity contribution in [1.29, 1.82) is 0 Å². The van der Waals surface area contributed by atoms with Gasteiger partial charge in [-0.2, -0.15) is 0 Å². The van der Waals surface area contributed by atoms with E-state index in [1.807, 2.05) is 0 Å². The van der Waals surface area contributed by atoms with Crippen LogP contribution < -0.4 is 10.6 Å². The minimum absolute atomic E-state index is 0.114. The molecule has 0 heterocycles. The van der Waals surface area contributed by atoms with Gasteiger partial charge >= 0.3 is 0 Å². The number of nitrogens with one attached hydrogen (secondary N) is 2. The molecule has 0 saturated heterocycles. The van der Waals surface area contributed by atoms with Gasteiger partial charge in [-0.05, 0) is 45.7 Å². The van der Waals surface area contributed by atoms with E-state index in [9.17, 15) is 4.79 Å². The van der Waals surface area contributed by atoms with Gasteiger partial charge in [0.2, 0.25) is 5.91 Å². The molecule has 1 saturated carbocycles. The van der Waals surface area contributed by atoms with Crippen molar-refractivity contribution in [3.63, 3.8) is 0 Å². The maximum atomic E-state index is 11.5. The highest BCUT2D eigenvalue weighted by atomic mass is 16.1. The maximum absolute atomic E-state index is 11.5. The van der Waals surface area contributed by atoms with E-state index >= 15 is 0 Å². The third-order valence-corrected chi connectivity index (χ3v) is 3.55. The molecular weight excluding hydrogens is 214 g/mol. The quantitative estimate of drug-likeness (QED) is 0.628. The van der Waals surface area contributed by atoms with Gasteiger partial charge < -0.3 is 15.5 Å². The molecule has 1 aliphatic rings. The zero-order chi connectivity index (χ0) is 12.7. The van der Waals surface area contributed by atoms with E-state index in [1.54, 1.807) is 0 Å². The summed E-state index contributed by atoms with van der Waals surface area (Å²) in [5, 5.41) is 6.14. The summed E-state index contributed by atoms with van der Waals surface area (Å²) in [6.45, 7) is 7.51. The molecule has 0 radical (unpaired) electrons. The van der Waals surface area contributed by atoms with Crippen molar-refractivity contribution in [3.05, 3.63) is 0 Å². The Morgan fingerprint density at radius 3 is 2.76 bits per heavy atom. The molecule has 0 bridgehead atoms. The predicted octanol–water partition coefficient (Wildman–Crippen LogP) is 0.833. The van der Waals surface area contributed by atoms with Crippen LogP contribution >= 0.6 is 0 Å². The molecule has 1 aliphatic carbocycles. The van der Waals surface area contributed by atoms with Crippen molar-refractivity contribution < 1.29 is 4.79 Å². The fourth-order valence-electron chi connectivity index (χ4n) is 1.68. The summed E-state index contributed by atoms with van der Waals surface area (Å²) in [5.41, 5.74) is 0. The Bertz CT molecular complexity index is 229. The highest BCUT2D eigenvalue weighted by Crippen LogP contribution is 2.27. The summed E-state index contributed by atoms with van der Waals surface area (Å²) in [4.78, 5) is 13.7. The molecule has 1 amide bonds. The molecule has 17 heavy (non-hydrogen) atoms. The van der Waals surface area contributed by atoms with E-state index < -0.39 is 0 Å². The van der Waals surface area contributed by atoms with Crippen LogP contribution in [0.4, 0.5) is 0 Å².